The Balaban J connectivity index is 2.36. The minimum absolute atomic E-state index is 0.138. The Morgan fingerprint density at radius 2 is 2.12 bits per heavy atom. The number of methoxy groups -OCH3 is 2. The van der Waals surface area contributed by atoms with E-state index < -0.39 is 0 Å². The van der Waals surface area contributed by atoms with Gasteiger partial charge in [-0.15, -0.1) is 0 Å². The van der Waals surface area contributed by atoms with E-state index >= 15 is 0 Å². The number of hydrogen-bond donors (Lipinski definition) is 1. The highest BCUT2D eigenvalue weighted by molar-refractivity contribution is 5.69. The maximum Gasteiger partial charge on any atom is 0.307 e. The van der Waals surface area contributed by atoms with Gasteiger partial charge in [0.15, 0.2) is 0 Å². The van der Waals surface area contributed by atoms with Crippen molar-refractivity contribution >= 4 is 5.97 Å². The van der Waals surface area contributed by atoms with Gasteiger partial charge in [-0.3, -0.25) is 4.79 Å². The van der Waals surface area contributed by atoms with Gasteiger partial charge in [-0.25, -0.2) is 0 Å². The van der Waals surface area contributed by atoms with Gasteiger partial charge in [0.05, 0.1) is 19.6 Å². The predicted octanol–water partition coefficient (Wildman–Crippen LogP) is 1.34. The van der Waals surface area contributed by atoms with Crippen LogP contribution in [0.5, 0.6) is 0 Å². The summed E-state index contributed by atoms with van der Waals surface area (Å²) in [5, 5.41) is 3.46. The van der Waals surface area contributed by atoms with Gasteiger partial charge in [0, 0.05) is 24.6 Å². The molecule has 0 aliphatic heterocycles. The topological polar surface area (TPSA) is 47.6 Å². The lowest BCUT2D eigenvalue weighted by Gasteiger charge is -2.52. The summed E-state index contributed by atoms with van der Waals surface area (Å²) < 4.78 is 10.0. The molecule has 0 bridgehead atoms. The molecule has 1 aliphatic carbocycles. The number of nitrogens with one attached hydrogen (secondary N) is 1. The minimum Gasteiger partial charge on any atom is -0.469 e. The van der Waals surface area contributed by atoms with Crippen molar-refractivity contribution in [3.8, 4) is 0 Å². The summed E-state index contributed by atoms with van der Waals surface area (Å²) >= 11 is 0. The van der Waals surface area contributed by atoms with Gasteiger partial charge >= 0.3 is 5.97 Å². The molecule has 94 valence electrons. The van der Waals surface area contributed by atoms with Crippen molar-refractivity contribution in [3.63, 3.8) is 0 Å². The second-order valence-electron chi connectivity index (χ2n) is 5.18. The zero-order valence-corrected chi connectivity index (χ0v) is 10.9. The van der Waals surface area contributed by atoms with Crippen molar-refractivity contribution in [2.45, 2.75) is 51.8 Å². The lowest BCUT2D eigenvalue weighted by molar-refractivity contribution is -0.141. The van der Waals surface area contributed by atoms with Crippen LogP contribution in [0.15, 0.2) is 0 Å². The number of ether oxygens (including phenoxy) is 2. The Labute approximate surface area is 97.7 Å². The van der Waals surface area contributed by atoms with E-state index in [0.717, 1.165) is 6.42 Å². The van der Waals surface area contributed by atoms with E-state index in [1.165, 1.54) is 7.11 Å². The molecule has 0 amide bonds. The SMILES string of the molecule is COC(=O)CC(C)NC1CC(OC)C1(C)C. The molecule has 1 fully saturated rings. The zero-order valence-electron chi connectivity index (χ0n) is 10.9. The summed E-state index contributed by atoms with van der Waals surface area (Å²) in [6.07, 6.45) is 1.74. The molecule has 0 spiro atoms. The van der Waals surface area contributed by atoms with Crippen molar-refractivity contribution < 1.29 is 14.3 Å². The van der Waals surface area contributed by atoms with Gasteiger partial charge < -0.3 is 14.8 Å². The first-order chi connectivity index (χ1) is 7.41. The number of esters is 1. The molecule has 1 saturated carbocycles. The van der Waals surface area contributed by atoms with Crippen LogP contribution in [0.3, 0.4) is 0 Å². The second-order valence-corrected chi connectivity index (χ2v) is 5.18. The Hall–Kier alpha value is -0.610. The molecule has 4 nitrogen and oxygen atoms in total. The quantitative estimate of drug-likeness (QED) is 0.723. The van der Waals surface area contributed by atoms with Crippen LogP contribution in [0, 0.1) is 5.41 Å². The van der Waals surface area contributed by atoms with Gasteiger partial charge in [-0.2, -0.15) is 0 Å². The molecule has 1 aliphatic rings. The molecule has 0 aromatic heterocycles. The van der Waals surface area contributed by atoms with Crippen molar-refractivity contribution in [2.75, 3.05) is 14.2 Å². The first kappa shape index (κ1) is 13.5. The van der Waals surface area contributed by atoms with Crippen molar-refractivity contribution in [1.29, 1.82) is 0 Å². The first-order valence-electron chi connectivity index (χ1n) is 5.77. The zero-order chi connectivity index (χ0) is 12.3. The number of rotatable bonds is 5. The fourth-order valence-corrected chi connectivity index (χ4v) is 2.30. The predicted molar refractivity (Wildman–Crippen MR) is 62.2 cm³/mol. The second kappa shape index (κ2) is 5.15. The lowest BCUT2D eigenvalue weighted by Crippen LogP contribution is -2.62. The summed E-state index contributed by atoms with van der Waals surface area (Å²) in [7, 11) is 3.17. The fourth-order valence-electron chi connectivity index (χ4n) is 2.30. The molecule has 4 heteroatoms. The third-order valence-electron chi connectivity index (χ3n) is 3.65. The molecule has 0 radical (unpaired) electrons. The molecule has 3 unspecified atom stereocenters. The highest BCUT2D eigenvalue weighted by atomic mass is 16.5. The van der Waals surface area contributed by atoms with Gasteiger partial charge in [0.25, 0.3) is 0 Å². The maximum atomic E-state index is 11.1. The number of carbonyl (C=O) groups is 1. The largest absolute Gasteiger partial charge is 0.469 e. The monoisotopic (exact) mass is 229 g/mol. The van der Waals surface area contributed by atoms with E-state index in [9.17, 15) is 4.79 Å². The number of hydrogen-bond acceptors (Lipinski definition) is 4. The maximum absolute atomic E-state index is 11.1. The van der Waals surface area contributed by atoms with E-state index in [0.29, 0.717) is 18.6 Å². The van der Waals surface area contributed by atoms with Crippen LogP contribution in [0.2, 0.25) is 0 Å². The Morgan fingerprint density at radius 1 is 1.50 bits per heavy atom. The van der Waals surface area contributed by atoms with Crippen LogP contribution >= 0.6 is 0 Å². The molecule has 0 aromatic carbocycles. The smallest absolute Gasteiger partial charge is 0.307 e. The van der Waals surface area contributed by atoms with Crippen molar-refractivity contribution in [2.24, 2.45) is 5.41 Å². The average Bonchev–Trinajstić information content (AvgIpc) is 2.23. The van der Waals surface area contributed by atoms with Crippen LogP contribution in [-0.4, -0.2) is 38.4 Å². The van der Waals surface area contributed by atoms with E-state index in [1.54, 1.807) is 7.11 Å². The highest BCUT2D eigenvalue weighted by Gasteiger charge is 2.48. The van der Waals surface area contributed by atoms with Crippen molar-refractivity contribution in [1.82, 2.24) is 5.32 Å². The van der Waals surface area contributed by atoms with E-state index in [2.05, 4.69) is 23.9 Å². The summed E-state index contributed by atoms with van der Waals surface area (Å²) in [6.45, 7) is 6.38. The molecular formula is C12H23NO3. The van der Waals surface area contributed by atoms with E-state index in [4.69, 9.17) is 4.74 Å². The normalized spacial score (nSPS) is 29.3. The van der Waals surface area contributed by atoms with Gasteiger partial charge in [0.1, 0.15) is 0 Å². The Kier molecular flexibility index (Phi) is 4.33. The van der Waals surface area contributed by atoms with Crippen LogP contribution < -0.4 is 5.32 Å². The summed E-state index contributed by atoms with van der Waals surface area (Å²) in [5.74, 6) is -0.166. The minimum atomic E-state index is -0.166. The molecule has 0 saturated heterocycles. The Bertz CT molecular complexity index is 253. The molecule has 1 N–H and O–H groups in total. The first-order valence-corrected chi connectivity index (χ1v) is 5.77. The molecule has 1 rings (SSSR count). The van der Waals surface area contributed by atoms with Gasteiger partial charge in [-0.1, -0.05) is 13.8 Å². The lowest BCUT2D eigenvalue weighted by atomic mass is 9.64. The summed E-state index contributed by atoms with van der Waals surface area (Å²) in [4.78, 5) is 11.1. The highest BCUT2D eigenvalue weighted by Crippen LogP contribution is 2.42. The van der Waals surface area contributed by atoms with Crippen LogP contribution in [0.4, 0.5) is 0 Å². The molecule has 3 atom stereocenters. The summed E-state index contributed by atoms with van der Waals surface area (Å²) in [6, 6.07) is 0.562. The molecule has 0 heterocycles. The van der Waals surface area contributed by atoms with Crippen LogP contribution in [0.1, 0.15) is 33.6 Å². The van der Waals surface area contributed by atoms with Gasteiger partial charge in [0.2, 0.25) is 0 Å². The Morgan fingerprint density at radius 3 is 2.56 bits per heavy atom. The molecular weight excluding hydrogens is 206 g/mol. The van der Waals surface area contributed by atoms with Crippen LogP contribution in [-0.2, 0) is 14.3 Å². The van der Waals surface area contributed by atoms with E-state index in [1.807, 2.05) is 6.92 Å². The number of carbonyl (C=O) groups excluding carboxylic acids is 1. The third-order valence-corrected chi connectivity index (χ3v) is 3.65. The van der Waals surface area contributed by atoms with Crippen molar-refractivity contribution in [3.05, 3.63) is 0 Å². The fraction of sp³-hybridized carbons (Fsp3) is 0.917. The summed E-state index contributed by atoms with van der Waals surface area (Å²) in [5.41, 5.74) is 0.138. The van der Waals surface area contributed by atoms with E-state index in [-0.39, 0.29) is 17.4 Å². The average molecular weight is 229 g/mol. The van der Waals surface area contributed by atoms with Crippen LogP contribution in [0.25, 0.3) is 0 Å². The third kappa shape index (κ3) is 2.74. The van der Waals surface area contributed by atoms with Gasteiger partial charge in [-0.05, 0) is 13.3 Å². The standard InChI is InChI=1S/C12H23NO3/c1-8(6-11(14)16-5)13-9-7-10(15-4)12(9,2)3/h8-10,13H,6-7H2,1-5H3. The molecule has 0 aromatic rings. The molecule has 16 heavy (non-hydrogen) atoms.